The van der Waals surface area contributed by atoms with E-state index in [0.717, 1.165) is 5.56 Å². The molecule has 1 rings (SSSR count). The SMILES string of the molecule is COc1ccc(C)cc1S(=O)(=O)N(C)C(C)CN. The van der Waals surface area contributed by atoms with Gasteiger partial charge in [0.2, 0.25) is 10.0 Å². The highest BCUT2D eigenvalue weighted by molar-refractivity contribution is 7.89. The third kappa shape index (κ3) is 2.82. The quantitative estimate of drug-likeness (QED) is 0.867. The average Bonchev–Trinajstić information content (AvgIpc) is 2.36. The van der Waals surface area contributed by atoms with E-state index in [0.29, 0.717) is 5.75 Å². The van der Waals surface area contributed by atoms with Crippen molar-refractivity contribution in [1.82, 2.24) is 4.31 Å². The number of nitrogens with two attached hydrogens (primary N) is 1. The van der Waals surface area contributed by atoms with Gasteiger partial charge >= 0.3 is 0 Å². The zero-order chi connectivity index (χ0) is 13.9. The maximum atomic E-state index is 12.5. The first-order valence-electron chi connectivity index (χ1n) is 5.67. The summed E-state index contributed by atoms with van der Waals surface area (Å²) in [6.45, 7) is 3.87. The molecule has 1 unspecified atom stereocenters. The van der Waals surface area contributed by atoms with Crippen LogP contribution in [0.5, 0.6) is 5.75 Å². The van der Waals surface area contributed by atoms with Crippen molar-refractivity contribution in [3.8, 4) is 5.75 Å². The third-order valence-corrected chi connectivity index (χ3v) is 4.93. The van der Waals surface area contributed by atoms with Crippen LogP contribution in [-0.2, 0) is 10.0 Å². The van der Waals surface area contributed by atoms with Crippen molar-refractivity contribution < 1.29 is 13.2 Å². The Morgan fingerprint density at radius 3 is 2.56 bits per heavy atom. The Morgan fingerprint density at radius 2 is 2.06 bits per heavy atom. The van der Waals surface area contributed by atoms with Gasteiger partial charge in [0.25, 0.3) is 0 Å². The van der Waals surface area contributed by atoms with Gasteiger partial charge in [0.05, 0.1) is 7.11 Å². The van der Waals surface area contributed by atoms with Gasteiger partial charge in [-0.2, -0.15) is 4.31 Å². The molecule has 1 aromatic carbocycles. The summed E-state index contributed by atoms with van der Waals surface area (Å²) in [5.41, 5.74) is 6.37. The molecule has 0 amide bonds. The molecule has 0 bridgehead atoms. The minimum atomic E-state index is -3.59. The van der Waals surface area contributed by atoms with E-state index in [4.69, 9.17) is 10.5 Å². The minimum Gasteiger partial charge on any atom is -0.495 e. The molecule has 0 radical (unpaired) electrons. The average molecular weight is 272 g/mol. The lowest BCUT2D eigenvalue weighted by Crippen LogP contribution is -2.39. The van der Waals surface area contributed by atoms with Crippen LogP contribution in [0.4, 0.5) is 0 Å². The van der Waals surface area contributed by atoms with E-state index in [-0.39, 0.29) is 17.5 Å². The molecule has 0 aromatic heterocycles. The van der Waals surface area contributed by atoms with Gasteiger partial charge in [-0.05, 0) is 31.5 Å². The molecule has 0 aliphatic rings. The Morgan fingerprint density at radius 1 is 1.44 bits per heavy atom. The molecule has 0 saturated carbocycles. The van der Waals surface area contributed by atoms with Gasteiger partial charge in [-0.25, -0.2) is 8.42 Å². The molecule has 18 heavy (non-hydrogen) atoms. The molecule has 0 saturated heterocycles. The lowest BCUT2D eigenvalue weighted by molar-refractivity contribution is 0.380. The zero-order valence-electron chi connectivity index (χ0n) is 11.2. The van der Waals surface area contributed by atoms with Gasteiger partial charge in [-0.1, -0.05) is 6.07 Å². The number of hydrogen-bond donors (Lipinski definition) is 1. The van der Waals surface area contributed by atoms with Gasteiger partial charge in [0.15, 0.2) is 0 Å². The fourth-order valence-electron chi connectivity index (χ4n) is 1.53. The second-order valence-electron chi connectivity index (χ2n) is 4.26. The maximum Gasteiger partial charge on any atom is 0.246 e. The highest BCUT2D eigenvalue weighted by Gasteiger charge is 2.27. The summed E-state index contributed by atoms with van der Waals surface area (Å²) in [5, 5.41) is 0. The lowest BCUT2D eigenvalue weighted by atomic mass is 10.2. The summed E-state index contributed by atoms with van der Waals surface area (Å²) >= 11 is 0. The molecule has 102 valence electrons. The predicted molar refractivity (Wildman–Crippen MR) is 71.2 cm³/mol. The standard InChI is InChI=1S/C12H20N2O3S/c1-9-5-6-11(17-4)12(7-9)18(15,16)14(3)10(2)8-13/h5-7,10H,8,13H2,1-4H3. The van der Waals surface area contributed by atoms with Crippen molar-refractivity contribution in [2.45, 2.75) is 24.8 Å². The normalized spacial score (nSPS) is 13.7. The zero-order valence-corrected chi connectivity index (χ0v) is 12.0. The molecule has 0 aliphatic heterocycles. The van der Waals surface area contributed by atoms with Gasteiger partial charge in [-0.3, -0.25) is 0 Å². The Bertz CT molecular complexity index is 514. The van der Waals surface area contributed by atoms with E-state index < -0.39 is 10.0 Å². The van der Waals surface area contributed by atoms with E-state index in [1.807, 2.05) is 13.0 Å². The molecular weight excluding hydrogens is 252 g/mol. The monoisotopic (exact) mass is 272 g/mol. The number of rotatable bonds is 5. The molecule has 5 nitrogen and oxygen atoms in total. The number of nitrogens with zero attached hydrogens (tertiary/aromatic N) is 1. The smallest absolute Gasteiger partial charge is 0.246 e. The highest BCUT2D eigenvalue weighted by atomic mass is 32.2. The van der Waals surface area contributed by atoms with Crippen LogP contribution < -0.4 is 10.5 Å². The minimum absolute atomic E-state index is 0.174. The molecular formula is C12H20N2O3S. The maximum absolute atomic E-state index is 12.5. The van der Waals surface area contributed by atoms with Crippen molar-refractivity contribution in [3.05, 3.63) is 23.8 Å². The number of ether oxygens (including phenoxy) is 1. The van der Waals surface area contributed by atoms with Crippen molar-refractivity contribution in [2.24, 2.45) is 5.73 Å². The Hall–Kier alpha value is -1.11. The van der Waals surface area contributed by atoms with Crippen LogP contribution in [0, 0.1) is 6.92 Å². The van der Waals surface area contributed by atoms with Crippen LogP contribution in [0.15, 0.2) is 23.1 Å². The van der Waals surface area contributed by atoms with E-state index in [1.54, 1.807) is 19.1 Å². The van der Waals surface area contributed by atoms with Gasteiger partial charge in [0, 0.05) is 19.6 Å². The lowest BCUT2D eigenvalue weighted by Gasteiger charge is -2.24. The largest absolute Gasteiger partial charge is 0.495 e. The van der Waals surface area contributed by atoms with Crippen molar-refractivity contribution >= 4 is 10.0 Å². The first-order valence-corrected chi connectivity index (χ1v) is 7.11. The molecule has 2 N–H and O–H groups in total. The van der Waals surface area contributed by atoms with Crippen LogP contribution in [0.1, 0.15) is 12.5 Å². The number of likely N-dealkylation sites (N-methyl/N-ethyl adjacent to an activating group) is 1. The molecule has 0 spiro atoms. The van der Waals surface area contributed by atoms with Crippen LogP contribution in [0.25, 0.3) is 0 Å². The second kappa shape index (κ2) is 5.69. The van der Waals surface area contributed by atoms with E-state index in [1.165, 1.54) is 18.5 Å². The van der Waals surface area contributed by atoms with Crippen LogP contribution in [0.2, 0.25) is 0 Å². The second-order valence-corrected chi connectivity index (χ2v) is 6.23. The molecule has 0 fully saturated rings. The van der Waals surface area contributed by atoms with Crippen LogP contribution in [0.3, 0.4) is 0 Å². The van der Waals surface area contributed by atoms with Crippen LogP contribution in [-0.4, -0.2) is 39.5 Å². The molecule has 1 aromatic rings. The summed E-state index contributed by atoms with van der Waals surface area (Å²) in [4.78, 5) is 0.174. The molecule has 1 atom stereocenters. The number of hydrogen-bond acceptors (Lipinski definition) is 4. The Balaban J connectivity index is 3.31. The van der Waals surface area contributed by atoms with Crippen molar-refractivity contribution in [1.29, 1.82) is 0 Å². The Labute approximate surface area is 109 Å². The van der Waals surface area contributed by atoms with E-state index in [2.05, 4.69) is 0 Å². The van der Waals surface area contributed by atoms with Crippen molar-refractivity contribution in [3.63, 3.8) is 0 Å². The topological polar surface area (TPSA) is 72.6 Å². The molecule has 0 heterocycles. The first kappa shape index (κ1) is 14.9. The number of sulfonamides is 1. The summed E-state index contributed by atoms with van der Waals surface area (Å²) < 4.78 is 31.3. The van der Waals surface area contributed by atoms with Crippen LogP contribution >= 0.6 is 0 Å². The fourth-order valence-corrected chi connectivity index (χ4v) is 3.14. The third-order valence-electron chi connectivity index (χ3n) is 2.94. The fraction of sp³-hybridized carbons (Fsp3) is 0.500. The van der Waals surface area contributed by atoms with Gasteiger partial charge in [0.1, 0.15) is 10.6 Å². The number of benzene rings is 1. The number of methoxy groups -OCH3 is 1. The van der Waals surface area contributed by atoms with Gasteiger partial charge < -0.3 is 10.5 Å². The van der Waals surface area contributed by atoms with Gasteiger partial charge in [-0.15, -0.1) is 0 Å². The summed E-state index contributed by atoms with van der Waals surface area (Å²) in [7, 11) is -0.610. The van der Waals surface area contributed by atoms with E-state index in [9.17, 15) is 8.42 Å². The molecule has 0 aliphatic carbocycles. The van der Waals surface area contributed by atoms with Crippen molar-refractivity contribution in [2.75, 3.05) is 20.7 Å². The highest BCUT2D eigenvalue weighted by Crippen LogP contribution is 2.27. The summed E-state index contributed by atoms with van der Waals surface area (Å²) in [6, 6.07) is 4.81. The van der Waals surface area contributed by atoms with E-state index >= 15 is 0 Å². The predicted octanol–water partition coefficient (Wildman–Crippen LogP) is 0.971. The summed E-state index contributed by atoms with van der Waals surface area (Å²) in [5.74, 6) is 0.344. The first-order chi connectivity index (χ1) is 8.34. The number of aryl methyl sites for hydroxylation is 1. The molecule has 6 heteroatoms. The summed E-state index contributed by atoms with van der Waals surface area (Å²) in [6.07, 6.45) is 0. The Kier molecular flexibility index (Phi) is 4.72.